The quantitative estimate of drug-likeness (QED) is 0.609. The van der Waals surface area contributed by atoms with Crippen molar-refractivity contribution in [3.63, 3.8) is 0 Å². The van der Waals surface area contributed by atoms with E-state index in [0.29, 0.717) is 24.2 Å². The Bertz CT molecular complexity index is 796. The van der Waals surface area contributed by atoms with Gasteiger partial charge in [-0.05, 0) is 42.7 Å². The van der Waals surface area contributed by atoms with Crippen molar-refractivity contribution in [2.45, 2.75) is 77.4 Å². The Hall–Kier alpha value is -1.75. The van der Waals surface area contributed by atoms with Gasteiger partial charge in [-0.3, -0.25) is 4.79 Å². The number of hydrogen-bond acceptors (Lipinski definition) is 5. The zero-order chi connectivity index (χ0) is 19.7. The summed E-state index contributed by atoms with van der Waals surface area (Å²) < 4.78 is 12.0. The van der Waals surface area contributed by atoms with Crippen LogP contribution in [0, 0.1) is 11.3 Å². The summed E-state index contributed by atoms with van der Waals surface area (Å²) in [5, 5.41) is 21.8. The first-order valence-electron chi connectivity index (χ1n) is 10.1. The van der Waals surface area contributed by atoms with Crippen LogP contribution in [0.5, 0.6) is 11.5 Å². The van der Waals surface area contributed by atoms with Crippen LogP contribution >= 0.6 is 0 Å². The third kappa shape index (κ3) is 2.24. The number of ether oxygens (including phenoxy) is 2. The molecule has 4 atom stereocenters. The highest BCUT2D eigenvalue weighted by atomic mass is 16.6. The number of carbonyl (C=O) groups excluding carboxylic acids is 1. The van der Waals surface area contributed by atoms with Crippen LogP contribution in [0.25, 0.3) is 0 Å². The molecule has 4 rings (SSSR count). The molecular weight excluding hydrogens is 344 g/mol. The van der Waals surface area contributed by atoms with Crippen molar-refractivity contribution in [1.29, 1.82) is 0 Å². The minimum Gasteiger partial charge on any atom is -0.504 e. The van der Waals surface area contributed by atoms with Gasteiger partial charge in [0.05, 0.1) is 0 Å². The van der Waals surface area contributed by atoms with Crippen molar-refractivity contribution < 1.29 is 24.5 Å². The van der Waals surface area contributed by atoms with Crippen LogP contribution < -0.4 is 0 Å². The largest absolute Gasteiger partial charge is 0.504 e. The standard InChI is InChI=1S/C22H30O5/c1-6-26-17-13-10-12(11(2)3)15(23)16(24)14(13)22-9-7-8-21(4,5)19(22)18(17)27-20(22)25/h10-11,17-19,23-24H,6-9H2,1-5H3/t17-,18?,19-,22-/m0/s1. The minimum atomic E-state index is -0.896. The molecule has 148 valence electrons. The molecule has 0 amide bonds. The average molecular weight is 374 g/mol. The fourth-order valence-electron chi connectivity index (χ4n) is 6.05. The monoisotopic (exact) mass is 374 g/mol. The Morgan fingerprint density at radius 3 is 2.59 bits per heavy atom. The number of aromatic hydroxyl groups is 2. The zero-order valence-electron chi connectivity index (χ0n) is 16.8. The van der Waals surface area contributed by atoms with Gasteiger partial charge in [0.15, 0.2) is 11.5 Å². The minimum absolute atomic E-state index is 0.0377. The smallest absolute Gasteiger partial charge is 0.317 e. The van der Waals surface area contributed by atoms with Crippen molar-refractivity contribution in [1.82, 2.24) is 0 Å². The number of phenolic OH excluding ortho intramolecular Hbond substituents is 2. The van der Waals surface area contributed by atoms with Crippen LogP contribution in [0.1, 0.15) is 82.6 Å². The van der Waals surface area contributed by atoms with E-state index < -0.39 is 11.5 Å². The van der Waals surface area contributed by atoms with Gasteiger partial charge >= 0.3 is 5.97 Å². The maximum Gasteiger partial charge on any atom is 0.317 e. The van der Waals surface area contributed by atoms with E-state index in [4.69, 9.17) is 9.47 Å². The van der Waals surface area contributed by atoms with Gasteiger partial charge in [0.2, 0.25) is 0 Å². The molecule has 0 aromatic heterocycles. The highest BCUT2D eigenvalue weighted by Crippen LogP contribution is 2.67. The van der Waals surface area contributed by atoms with Crippen LogP contribution in [-0.4, -0.2) is 28.9 Å². The second kappa shape index (κ2) is 5.87. The fourth-order valence-corrected chi connectivity index (χ4v) is 6.05. The summed E-state index contributed by atoms with van der Waals surface area (Å²) >= 11 is 0. The number of hydrogen-bond donors (Lipinski definition) is 2. The van der Waals surface area contributed by atoms with E-state index in [1.807, 2.05) is 26.8 Å². The van der Waals surface area contributed by atoms with E-state index in [9.17, 15) is 15.0 Å². The van der Waals surface area contributed by atoms with E-state index in [-0.39, 0.29) is 40.8 Å². The van der Waals surface area contributed by atoms with Crippen LogP contribution in [0.2, 0.25) is 0 Å². The lowest BCUT2D eigenvalue weighted by Crippen LogP contribution is -2.54. The molecule has 0 radical (unpaired) electrons. The molecule has 2 N–H and O–H groups in total. The Kier molecular flexibility index (Phi) is 4.05. The number of rotatable bonds is 3. The van der Waals surface area contributed by atoms with E-state index in [0.717, 1.165) is 18.4 Å². The molecule has 1 aliphatic heterocycles. The van der Waals surface area contributed by atoms with Gasteiger partial charge in [-0.25, -0.2) is 0 Å². The van der Waals surface area contributed by atoms with E-state index >= 15 is 0 Å². The topological polar surface area (TPSA) is 76.0 Å². The highest BCUT2D eigenvalue weighted by Gasteiger charge is 2.70. The fraction of sp³-hybridized carbons (Fsp3) is 0.682. The molecule has 2 fully saturated rings. The number of carbonyl (C=O) groups is 1. The first-order chi connectivity index (χ1) is 12.7. The Balaban J connectivity index is 2.06. The summed E-state index contributed by atoms with van der Waals surface area (Å²) in [6.45, 7) is 10.7. The van der Waals surface area contributed by atoms with E-state index in [1.54, 1.807) is 0 Å². The van der Waals surface area contributed by atoms with Crippen LogP contribution in [0.3, 0.4) is 0 Å². The third-order valence-corrected chi connectivity index (χ3v) is 7.05. The molecule has 1 unspecified atom stereocenters. The number of esters is 1. The van der Waals surface area contributed by atoms with Crippen molar-refractivity contribution in [2.24, 2.45) is 11.3 Å². The first kappa shape index (κ1) is 18.6. The SMILES string of the molecule is CCO[C@H]1c2cc(C(C)C)c(O)c(O)c2[C@@]23CCCC(C)(C)[C@@H]2C1OC3=O. The van der Waals surface area contributed by atoms with Gasteiger partial charge in [-0.2, -0.15) is 0 Å². The lowest BCUT2D eigenvalue weighted by atomic mass is 9.49. The van der Waals surface area contributed by atoms with Crippen molar-refractivity contribution in [2.75, 3.05) is 6.61 Å². The molecule has 2 aliphatic carbocycles. The molecule has 1 saturated heterocycles. The lowest BCUT2D eigenvalue weighted by Gasteiger charge is -2.52. The van der Waals surface area contributed by atoms with Crippen LogP contribution in [0.15, 0.2) is 6.07 Å². The van der Waals surface area contributed by atoms with Crippen molar-refractivity contribution >= 4 is 5.97 Å². The van der Waals surface area contributed by atoms with Gasteiger partial charge in [0.1, 0.15) is 17.6 Å². The van der Waals surface area contributed by atoms with Crippen LogP contribution in [-0.2, 0) is 19.7 Å². The molecular formula is C22H30O5. The predicted octanol–water partition coefficient (Wildman–Crippen LogP) is 4.30. The number of phenols is 2. The maximum atomic E-state index is 13.2. The summed E-state index contributed by atoms with van der Waals surface area (Å²) in [6.07, 6.45) is 1.74. The Morgan fingerprint density at radius 1 is 1.26 bits per heavy atom. The molecule has 1 aromatic rings. The van der Waals surface area contributed by atoms with Crippen molar-refractivity contribution in [3.8, 4) is 11.5 Å². The molecule has 0 spiro atoms. The number of benzene rings is 1. The normalized spacial score (nSPS) is 33.6. The van der Waals surface area contributed by atoms with Gasteiger partial charge in [0.25, 0.3) is 0 Å². The predicted molar refractivity (Wildman–Crippen MR) is 101 cm³/mol. The van der Waals surface area contributed by atoms with Gasteiger partial charge in [-0.1, -0.05) is 34.1 Å². The molecule has 2 bridgehead atoms. The van der Waals surface area contributed by atoms with Gasteiger partial charge in [-0.15, -0.1) is 0 Å². The summed E-state index contributed by atoms with van der Waals surface area (Å²) in [5.41, 5.74) is 1.00. The lowest BCUT2D eigenvalue weighted by molar-refractivity contribution is -0.150. The molecule has 1 aromatic carbocycles. The van der Waals surface area contributed by atoms with Gasteiger partial charge < -0.3 is 19.7 Å². The molecule has 1 saturated carbocycles. The summed E-state index contributed by atoms with van der Waals surface area (Å²) in [7, 11) is 0. The van der Waals surface area contributed by atoms with Gasteiger partial charge in [0, 0.05) is 23.7 Å². The first-order valence-corrected chi connectivity index (χ1v) is 10.1. The molecule has 3 aliphatic rings. The Labute approximate surface area is 160 Å². The van der Waals surface area contributed by atoms with E-state index in [1.165, 1.54) is 0 Å². The Morgan fingerprint density at radius 2 is 1.96 bits per heavy atom. The summed E-state index contributed by atoms with van der Waals surface area (Å²) in [5.74, 6) is -0.600. The average Bonchev–Trinajstić information content (AvgIpc) is 2.84. The van der Waals surface area contributed by atoms with Crippen LogP contribution in [0.4, 0.5) is 0 Å². The van der Waals surface area contributed by atoms with E-state index in [2.05, 4.69) is 13.8 Å². The molecule has 1 heterocycles. The highest BCUT2D eigenvalue weighted by molar-refractivity contribution is 5.90. The second-order valence-electron chi connectivity index (χ2n) is 9.32. The third-order valence-electron chi connectivity index (χ3n) is 7.05. The summed E-state index contributed by atoms with van der Waals surface area (Å²) in [6, 6.07) is 1.92. The molecule has 5 heteroatoms. The molecule has 27 heavy (non-hydrogen) atoms. The molecule has 5 nitrogen and oxygen atoms in total. The second-order valence-corrected chi connectivity index (χ2v) is 9.32. The number of fused-ring (bicyclic) bond motifs is 1. The summed E-state index contributed by atoms with van der Waals surface area (Å²) in [4.78, 5) is 13.2. The van der Waals surface area contributed by atoms with Crippen molar-refractivity contribution in [3.05, 3.63) is 22.8 Å². The maximum absolute atomic E-state index is 13.2. The zero-order valence-corrected chi connectivity index (χ0v) is 16.8.